The largest absolute Gasteiger partial charge is 0.457 e. The van der Waals surface area contributed by atoms with Gasteiger partial charge in [-0.1, -0.05) is 150 Å². The number of ether oxygens (including phenoxy) is 1. The van der Waals surface area contributed by atoms with Crippen molar-refractivity contribution >= 4 is 44.6 Å². The van der Waals surface area contributed by atoms with Crippen LogP contribution in [0.4, 0.5) is 22.7 Å². The Balaban J connectivity index is 1.11. The fourth-order valence-corrected chi connectivity index (χ4v) is 9.55. The van der Waals surface area contributed by atoms with E-state index in [1.165, 1.54) is 72.3 Å². The summed E-state index contributed by atoms with van der Waals surface area (Å²) in [6.45, 7) is 28.3. The lowest BCUT2D eigenvalue weighted by atomic mass is 9.81. The van der Waals surface area contributed by atoms with Crippen LogP contribution in [0.1, 0.15) is 129 Å². The molecule has 4 heteroatoms. The summed E-state index contributed by atoms with van der Waals surface area (Å²) in [5.41, 5.74) is 17.5. The van der Waals surface area contributed by atoms with Crippen LogP contribution in [0, 0.1) is 0 Å². The summed E-state index contributed by atoms with van der Waals surface area (Å²) in [5.74, 6) is 2.92. The van der Waals surface area contributed by atoms with Gasteiger partial charge < -0.3 is 19.1 Å². The standard InChI is InChI=1S/C60H65N3O/c1-38(2)42-30-52(39(3)4)58(53(31-42)40(5)6)41-19-17-21-45(29-41)61-37-62(56-26-16-15-25-55(56)61)47-33-44(60(10,11)12)34-49(35-47)64-48-27-28-51-50-23-13-14-24-54(50)63(57(51)36-48)46-22-18-20-43(32-46)59(7,8)9/h13-36,38-40H,37H2,1-12H3. The van der Waals surface area contributed by atoms with Gasteiger partial charge in [-0.15, -0.1) is 0 Å². The average Bonchev–Trinajstić information content (AvgIpc) is 3.81. The first-order valence-electron chi connectivity index (χ1n) is 23.4. The summed E-state index contributed by atoms with van der Waals surface area (Å²) >= 11 is 0. The molecule has 0 atom stereocenters. The molecule has 0 radical (unpaired) electrons. The van der Waals surface area contributed by atoms with Crippen molar-refractivity contribution in [2.45, 2.75) is 112 Å². The van der Waals surface area contributed by atoms with Gasteiger partial charge in [-0.25, -0.2) is 0 Å². The summed E-state index contributed by atoms with van der Waals surface area (Å²) < 4.78 is 9.37. The number of nitrogens with zero attached hydrogens (tertiary/aromatic N) is 3. The Morgan fingerprint density at radius 2 is 1.05 bits per heavy atom. The van der Waals surface area contributed by atoms with E-state index in [0.717, 1.165) is 28.4 Å². The first kappa shape index (κ1) is 43.0. The lowest BCUT2D eigenvalue weighted by Crippen LogP contribution is -2.24. The van der Waals surface area contributed by atoms with Gasteiger partial charge in [0.15, 0.2) is 0 Å². The number of benzene rings is 7. The van der Waals surface area contributed by atoms with Crippen molar-refractivity contribution in [3.05, 3.63) is 173 Å². The Morgan fingerprint density at radius 1 is 0.453 bits per heavy atom. The monoisotopic (exact) mass is 844 g/mol. The zero-order valence-corrected chi connectivity index (χ0v) is 40.0. The van der Waals surface area contributed by atoms with Gasteiger partial charge in [0.25, 0.3) is 0 Å². The smallest absolute Gasteiger partial charge is 0.129 e. The van der Waals surface area contributed by atoms with E-state index in [9.17, 15) is 0 Å². The number of rotatable bonds is 9. The van der Waals surface area contributed by atoms with Gasteiger partial charge in [0.1, 0.15) is 18.2 Å². The van der Waals surface area contributed by atoms with Crippen molar-refractivity contribution in [1.29, 1.82) is 0 Å². The van der Waals surface area contributed by atoms with Crippen LogP contribution in [-0.4, -0.2) is 11.2 Å². The lowest BCUT2D eigenvalue weighted by Gasteiger charge is -2.27. The number of anilines is 4. The highest BCUT2D eigenvalue weighted by Crippen LogP contribution is 2.48. The highest BCUT2D eigenvalue weighted by molar-refractivity contribution is 6.09. The van der Waals surface area contributed by atoms with E-state index in [-0.39, 0.29) is 10.8 Å². The molecule has 0 spiro atoms. The molecule has 4 nitrogen and oxygen atoms in total. The summed E-state index contributed by atoms with van der Waals surface area (Å²) in [7, 11) is 0. The quantitative estimate of drug-likeness (QED) is 0.144. The molecule has 0 saturated carbocycles. The highest BCUT2D eigenvalue weighted by atomic mass is 16.5. The Labute approximate surface area is 382 Å². The molecule has 0 fully saturated rings. The van der Waals surface area contributed by atoms with Crippen LogP contribution >= 0.6 is 0 Å². The topological polar surface area (TPSA) is 20.6 Å². The molecule has 2 heterocycles. The van der Waals surface area contributed by atoms with Crippen LogP contribution in [0.25, 0.3) is 38.6 Å². The van der Waals surface area contributed by atoms with Gasteiger partial charge in [-0.2, -0.15) is 0 Å². The third-order valence-electron chi connectivity index (χ3n) is 13.2. The second-order valence-electron chi connectivity index (χ2n) is 21.0. The maximum absolute atomic E-state index is 6.98. The van der Waals surface area contributed by atoms with Crippen molar-refractivity contribution in [2.75, 3.05) is 16.5 Å². The van der Waals surface area contributed by atoms with Crippen LogP contribution in [0.15, 0.2) is 146 Å². The molecule has 326 valence electrons. The van der Waals surface area contributed by atoms with Crippen LogP contribution in [-0.2, 0) is 10.8 Å². The molecule has 0 amide bonds. The molecule has 1 aliphatic rings. The Bertz CT molecular complexity index is 2990. The van der Waals surface area contributed by atoms with Crippen LogP contribution in [0.2, 0.25) is 0 Å². The predicted octanol–water partition coefficient (Wildman–Crippen LogP) is 17.5. The molecule has 0 unspecified atom stereocenters. The molecule has 0 bridgehead atoms. The molecular formula is C60H65N3O. The van der Waals surface area contributed by atoms with Crippen LogP contribution < -0.4 is 14.5 Å². The fourth-order valence-electron chi connectivity index (χ4n) is 9.55. The van der Waals surface area contributed by atoms with Crippen molar-refractivity contribution in [2.24, 2.45) is 0 Å². The van der Waals surface area contributed by atoms with Crippen molar-refractivity contribution in [3.63, 3.8) is 0 Å². The van der Waals surface area contributed by atoms with Crippen molar-refractivity contribution in [1.82, 2.24) is 4.57 Å². The van der Waals surface area contributed by atoms with E-state index in [4.69, 9.17) is 4.74 Å². The SMILES string of the molecule is CC(C)c1cc(C(C)C)c(-c2cccc(N3CN(c4cc(Oc5ccc6c7ccccc7n(-c7cccc(C(C)(C)C)c7)c6c5)cc(C(C)(C)C)c4)c4ccccc43)c2)c(C(C)C)c1. The third-order valence-corrected chi connectivity index (χ3v) is 13.2. The van der Waals surface area contributed by atoms with Gasteiger partial charge in [-0.05, 0) is 134 Å². The van der Waals surface area contributed by atoms with Gasteiger partial charge >= 0.3 is 0 Å². The molecule has 0 saturated heterocycles. The number of hydrogen-bond acceptors (Lipinski definition) is 3. The lowest BCUT2D eigenvalue weighted by molar-refractivity contribution is 0.479. The predicted molar refractivity (Wildman–Crippen MR) is 274 cm³/mol. The number of fused-ring (bicyclic) bond motifs is 4. The van der Waals surface area contributed by atoms with E-state index in [2.05, 4.69) is 243 Å². The second-order valence-corrected chi connectivity index (χ2v) is 21.0. The number of aromatic nitrogens is 1. The van der Waals surface area contributed by atoms with E-state index in [0.29, 0.717) is 24.4 Å². The zero-order chi connectivity index (χ0) is 45.2. The minimum absolute atomic E-state index is 0.0326. The molecule has 0 N–H and O–H groups in total. The Morgan fingerprint density at radius 3 is 1.70 bits per heavy atom. The molecular weight excluding hydrogens is 779 g/mol. The number of para-hydroxylation sites is 3. The number of hydrogen-bond donors (Lipinski definition) is 0. The Kier molecular flexibility index (Phi) is 11.0. The normalized spacial score (nSPS) is 13.3. The van der Waals surface area contributed by atoms with Gasteiger partial charge in [-0.3, -0.25) is 0 Å². The van der Waals surface area contributed by atoms with Crippen LogP contribution in [0.3, 0.4) is 0 Å². The second kappa shape index (κ2) is 16.4. The molecule has 64 heavy (non-hydrogen) atoms. The van der Waals surface area contributed by atoms with E-state index < -0.39 is 0 Å². The summed E-state index contributed by atoms with van der Waals surface area (Å²) in [4.78, 5) is 4.92. The van der Waals surface area contributed by atoms with Gasteiger partial charge in [0, 0.05) is 40.0 Å². The first-order valence-corrected chi connectivity index (χ1v) is 23.4. The Hall–Kier alpha value is -6.26. The summed E-state index contributed by atoms with van der Waals surface area (Å²) in [5, 5.41) is 2.44. The maximum atomic E-state index is 6.98. The van der Waals surface area contributed by atoms with E-state index in [1.807, 2.05) is 0 Å². The van der Waals surface area contributed by atoms with Gasteiger partial charge in [0.2, 0.25) is 0 Å². The maximum Gasteiger partial charge on any atom is 0.129 e. The minimum atomic E-state index is -0.108. The van der Waals surface area contributed by atoms with E-state index >= 15 is 0 Å². The van der Waals surface area contributed by atoms with Crippen LogP contribution in [0.5, 0.6) is 11.5 Å². The molecule has 7 aromatic carbocycles. The minimum Gasteiger partial charge on any atom is -0.457 e. The third kappa shape index (κ3) is 7.97. The molecule has 9 rings (SSSR count). The highest BCUT2D eigenvalue weighted by Gasteiger charge is 2.30. The zero-order valence-electron chi connectivity index (χ0n) is 40.0. The fraction of sp³-hybridized carbons (Fsp3) is 0.300. The molecule has 1 aliphatic heterocycles. The first-order chi connectivity index (χ1) is 30.5. The van der Waals surface area contributed by atoms with Gasteiger partial charge in [0.05, 0.1) is 22.4 Å². The molecule has 0 aliphatic carbocycles. The van der Waals surface area contributed by atoms with E-state index in [1.54, 1.807) is 0 Å². The summed E-state index contributed by atoms with van der Waals surface area (Å²) in [6, 6.07) is 54.0. The molecule has 8 aromatic rings. The van der Waals surface area contributed by atoms with Crippen molar-refractivity contribution in [3.8, 4) is 28.3 Å². The average molecular weight is 844 g/mol. The summed E-state index contributed by atoms with van der Waals surface area (Å²) in [6.07, 6.45) is 0. The molecule has 1 aromatic heterocycles. The van der Waals surface area contributed by atoms with Crippen molar-refractivity contribution < 1.29 is 4.74 Å².